The number of rotatable bonds is 3. The first-order chi connectivity index (χ1) is 10.7. The maximum atomic E-state index is 12.1. The third-order valence-electron chi connectivity index (χ3n) is 3.19. The van der Waals surface area contributed by atoms with E-state index in [1.165, 1.54) is 6.21 Å². The Kier molecular flexibility index (Phi) is 3.57. The van der Waals surface area contributed by atoms with Gasteiger partial charge in [0.2, 0.25) is 0 Å². The number of carbonyl (C=O) groups is 1. The number of nitrogens with one attached hydrogen (secondary N) is 1. The summed E-state index contributed by atoms with van der Waals surface area (Å²) >= 11 is 0. The quantitative estimate of drug-likeness (QED) is 0.574. The Hall–Kier alpha value is -3.15. The molecule has 22 heavy (non-hydrogen) atoms. The second kappa shape index (κ2) is 5.69. The summed E-state index contributed by atoms with van der Waals surface area (Å²) in [5.74, 6) is -0.287. The van der Waals surface area contributed by atoms with Crippen molar-refractivity contribution in [2.24, 2.45) is 5.10 Å². The second-order valence-electron chi connectivity index (χ2n) is 4.66. The minimum atomic E-state index is -0.486. The lowest BCUT2D eigenvalue weighted by Crippen LogP contribution is -2.17. The molecule has 0 aliphatic carbocycles. The van der Waals surface area contributed by atoms with Crippen molar-refractivity contribution >= 4 is 23.1 Å². The molecule has 3 aromatic rings. The minimum Gasteiger partial charge on any atom is -0.507 e. The third-order valence-corrected chi connectivity index (χ3v) is 3.19. The monoisotopic (exact) mass is 295 g/mol. The number of benzene rings is 1. The summed E-state index contributed by atoms with van der Waals surface area (Å²) in [6, 6.07) is 10.3. The van der Waals surface area contributed by atoms with E-state index in [0.29, 0.717) is 22.2 Å². The molecular formula is C16H13N3O3. The maximum Gasteiger partial charge on any atom is 0.307 e. The van der Waals surface area contributed by atoms with Crippen molar-refractivity contribution < 1.29 is 14.3 Å². The van der Waals surface area contributed by atoms with Crippen molar-refractivity contribution in [2.75, 3.05) is 0 Å². The Morgan fingerprint density at radius 3 is 2.91 bits per heavy atom. The topological polar surface area (TPSA) is 87.7 Å². The number of phenols is 1. The number of aromatic nitrogens is 1. The van der Waals surface area contributed by atoms with Gasteiger partial charge in [0, 0.05) is 11.8 Å². The number of pyridine rings is 1. The van der Waals surface area contributed by atoms with Gasteiger partial charge in [0.25, 0.3) is 0 Å². The Morgan fingerprint density at radius 1 is 1.32 bits per heavy atom. The van der Waals surface area contributed by atoms with Crippen LogP contribution < -0.4 is 5.43 Å². The van der Waals surface area contributed by atoms with Crippen molar-refractivity contribution in [1.82, 2.24) is 10.4 Å². The van der Waals surface area contributed by atoms with Crippen LogP contribution in [0.2, 0.25) is 0 Å². The lowest BCUT2D eigenvalue weighted by atomic mass is 10.1. The lowest BCUT2D eigenvalue weighted by Gasteiger charge is -1.97. The number of nitrogens with zero attached hydrogens (tertiary/aromatic N) is 2. The van der Waals surface area contributed by atoms with E-state index in [2.05, 4.69) is 15.5 Å². The highest BCUT2D eigenvalue weighted by Crippen LogP contribution is 2.32. The van der Waals surface area contributed by atoms with Gasteiger partial charge in [-0.3, -0.25) is 9.78 Å². The van der Waals surface area contributed by atoms with Crippen molar-refractivity contribution in [1.29, 1.82) is 0 Å². The molecule has 2 aromatic heterocycles. The number of hydrogen-bond acceptors (Lipinski definition) is 5. The first-order valence-corrected chi connectivity index (χ1v) is 6.62. The number of fused-ring (bicyclic) bond motifs is 1. The number of amides is 1. The van der Waals surface area contributed by atoms with Crippen molar-refractivity contribution in [3.63, 3.8) is 0 Å². The van der Waals surface area contributed by atoms with Gasteiger partial charge in [-0.15, -0.1) is 0 Å². The van der Waals surface area contributed by atoms with Crippen LogP contribution in [-0.4, -0.2) is 22.2 Å². The standard InChI is InChI=1S/C16H13N3O3/c1-10-14-12(20)6-4-7-13(14)22-15(10)16(21)19-18-9-11-5-2-3-8-17-11/h2-9,20H,1H3,(H,19,21)/b18-9+. The van der Waals surface area contributed by atoms with E-state index in [-0.39, 0.29) is 11.5 Å². The zero-order valence-electron chi connectivity index (χ0n) is 11.8. The van der Waals surface area contributed by atoms with Crippen LogP contribution in [0.15, 0.2) is 52.1 Å². The van der Waals surface area contributed by atoms with E-state index in [9.17, 15) is 9.90 Å². The van der Waals surface area contributed by atoms with Crippen molar-refractivity contribution in [2.45, 2.75) is 6.92 Å². The normalized spacial score (nSPS) is 11.1. The number of phenolic OH excluding ortho intramolecular Hbond substituents is 1. The van der Waals surface area contributed by atoms with Gasteiger partial charge in [0.15, 0.2) is 5.76 Å². The Morgan fingerprint density at radius 2 is 2.18 bits per heavy atom. The summed E-state index contributed by atoms with van der Waals surface area (Å²) < 4.78 is 5.48. The Labute approximate surface area is 126 Å². The van der Waals surface area contributed by atoms with Crippen LogP contribution in [-0.2, 0) is 0 Å². The van der Waals surface area contributed by atoms with E-state index >= 15 is 0 Å². The van der Waals surface area contributed by atoms with E-state index in [1.807, 2.05) is 6.07 Å². The molecule has 0 radical (unpaired) electrons. The van der Waals surface area contributed by atoms with Crippen molar-refractivity contribution in [3.8, 4) is 5.75 Å². The number of aromatic hydroxyl groups is 1. The molecule has 0 spiro atoms. The molecule has 2 heterocycles. The van der Waals surface area contributed by atoms with Crippen LogP contribution in [0.4, 0.5) is 0 Å². The largest absolute Gasteiger partial charge is 0.507 e. The fourth-order valence-corrected chi connectivity index (χ4v) is 2.16. The zero-order valence-corrected chi connectivity index (χ0v) is 11.8. The number of carbonyl (C=O) groups excluding carboxylic acids is 1. The molecule has 1 aromatic carbocycles. The summed E-state index contributed by atoms with van der Waals surface area (Å²) in [5, 5.41) is 14.2. The summed E-state index contributed by atoms with van der Waals surface area (Å²) in [7, 11) is 0. The molecule has 0 atom stereocenters. The predicted molar refractivity (Wildman–Crippen MR) is 81.9 cm³/mol. The Balaban J connectivity index is 1.82. The van der Waals surface area contributed by atoms with Gasteiger partial charge in [-0.1, -0.05) is 12.1 Å². The van der Waals surface area contributed by atoms with E-state index < -0.39 is 5.91 Å². The van der Waals surface area contributed by atoms with E-state index in [4.69, 9.17) is 4.42 Å². The Bertz CT molecular complexity index is 854. The summed E-state index contributed by atoms with van der Waals surface area (Å²) in [6.45, 7) is 1.71. The average Bonchev–Trinajstić information content (AvgIpc) is 2.87. The molecule has 0 saturated heterocycles. The van der Waals surface area contributed by atoms with Gasteiger partial charge in [0.05, 0.1) is 17.3 Å². The second-order valence-corrected chi connectivity index (χ2v) is 4.66. The molecule has 2 N–H and O–H groups in total. The first-order valence-electron chi connectivity index (χ1n) is 6.62. The van der Waals surface area contributed by atoms with Crippen LogP contribution in [0.25, 0.3) is 11.0 Å². The van der Waals surface area contributed by atoms with Crippen LogP contribution >= 0.6 is 0 Å². The van der Waals surface area contributed by atoms with Crippen LogP contribution in [0.3, 0.4) is 0 Å². The molecule has 110 valence electrons. The molecule has 0 saturated carbocycles. The number of hydrazone groups is 1. The minimum absolute atomic E-state index is 0.0785. The highest BCUT2D eigenvalue weighted by molar-refractivity contribution is 6.00. The molecular weight excluding hydrogens is 282 g/mol. The third kappa shape index (κ3) is 2.54. The summed E-state index contributed by atoms with van der Waals surface area (Å²) in [6.07, 6.45) is 3.07. The van der Waals surface area contributed by atoms with Gasteiger partial charge < -0.3 is 9.52 Å². The number of aryl methyl sites for hydroxylation is 1. The van der Waals surface area contributed by atoms with Gasteiger partial charge in [-0.05, 0) is 31.2 Å². The van der Waals surface area contributed by atoms with E-state index in [1.54, 1.807) is 43.5 Å². The molecule has 0 aliphatic rings. The summed E-state index contributed by atoms with van der Waals surface area (Å²) in [4.78, 5) is 16.2. The molecule has 6 nitrogen and oxygen atoms in total. The average molecular weight is 295 g/mol. The smallest absolute Gasteiger partial charge is 0.307 e. The molecule has 0 aliphatic heterocycles. The number of furan rings is 1. The SMILES string of the molecule is Cc1c(C(=O)N/N=C/c2ccccn2)oc2cccc(O)c12. The molecule has 3 rings (SSSR count). The van der Waals surface area contributed by atoms with Gasteiger partial charge in [-0.2, -0.15) is 5.10 Å². The summed E-state index contributed by atoms with van der Waals surface area (Å²) in [5.41, 5.74) is 4.03. The highest BCUT2D eigenvalue weighted by atomic mass is 16.3. The van der Waals surface area contributed by atoms with Gasteiger partial charge in [-0.25, -0.2) is 5.43 Å². The molecule has 0 fully saturated rings. The predicted octanol–water partition coefficient (Wildman–Crippen LogP) is 2.61. The molecule has 0 unspecified atom stereocenters. The fourth-order valence-electron chi connectivity index (χ4n) is 2.16. The van der Waals surface area contributed by atoms with E-state index in [0.717, 1.165) is 0 Å². The first kappa shape index (κ1) is 13.8. The van der Waals surface area contributed by atoms with Crippen LogP contribution in [0.5, 0.6) is 5.75 Å². The van der Waals surface area contributed by atoms with Gasteiger partial charge in [0.1, 0.15) is 11.3 Å². The van der Waals surface area contributed by atoms with Crippen LogP contribution in [0, 0.1) is 6.92 Å². The molecule has 6 heteroatoms. The van der Waals surface area contributed by atoms with Gasteiger partial charge >= 0.3 is 5.91 Å². The fraction of sp³-hybridized carbons (Fsp3) is 0.0625. The highest BCUT2D eigenvalue weighted by Gasteiger charge is 2.19. The maximum absolute atomic E-state index is 12.1. The molecule has 1 amide bonds. The zero-order chi connectivity index (χ0) is 15.5. The molecule has 0 bridgehead atoms. The lowest BCUT2D eigenvalue weighted by molar-refractivity contribution is 0.0929. The van der Waals surface area contributed by atoms with Crippen molar-refractivity contribution in [3.05, 3.63) is 59.6 Å². The number of hydrogen-bond donors (Lipinski definition) is 2. The van der Waals surface area contributed by atoms with Crippen LogP contribution in [0.1, 0.15) is 21.8 Å².